The van der Waals surface area contributed by atoms with Gasteiger partial charge in [0.15, 0.2) is 0 Å². The molecule has 0 fully saturated rings. The molecule has 0 spiro atoms. The Morgan fingerprint density at radius 3 is 2.57 bits per heavy atom. The zero-order valence-corrected chi connectivity index (χ0v) is 15.2. The van der Waals surface area contributed by atoms with E-state index in [2.05, 4.69) is 10.3 Å². The fourth-order valence-electron chi connectivity index (χ4n) is 2.98. The first-order valence-corrected chi connectivity index (χ1v) is 8.82. The van der Waals surface area contributed by atoms with Crippen LogP contribution in [0.2, 0.25) is 0 Å². The van der Waals surface area contributed by atoms with Crippen molar-refractivity contribution in [2.45, 2.75) is 13.5 Å². The number of fused-ring (bicyclic) bond motifs is 1. The molecule has 0 aliphatic rings. The fraction of sp³-hybridized carbons (Fsp3) is 0.0909. The van der Waals surface area contributed by atoms with Crippen LogP contribution in [0.3, 0.4) is 0 Å². The van der Waals surface area contributed by atoms with Crippen LogP contribution in [0.25, 0.3) is 5.65 Å². The first-order valence-electron chi connectivity index (χ1n) is 8.82. The molecule has 6 heteroatoms. The molecule has 1 amide bonds. The molecule has 28 heavy (non-hydrogen) atoms. The maximum absolute atomic E-state index is 13.6. The second-order valence-electron chi connectivity index (χ2n) is 6.37. The number of aromatic nitrogens is 2. The summed E-state index contributed by atoms with van der Waals surface area (Å²) in [4.78, 5) is 17.0. The number of pyridine rings is 1. The molecular weight excluding hydrogens is 357 g/mol. The third-order valence-electron chi connectivity index (χ3n) is 4.33. The lowest BCUT2D eigenvalue weighted by molar-refractivity contribution is 0.102. The first-order chi connectivity index (χ1) is 13.6. The van der Waals surface area contributed by atoms with Crippen molar-refractivity contribution in [1.29, 1.82) is 0 Å². The monoisotopic (exact) mass is 375 g/mol. The van der Waals surface area contributed by atoms with E-state index in [-0.39, 0.29) is 5.91 Å². The third-order valence-corrected chi connectivity index (χ3v) is 4.33. The lowest BCUT2D eigenvalue weighted by Gasteiger charge is -2.09. The SMILES string of the molecule is Cc1nc2ccc(F)cn2c1C(=O)Nc1ccc(OCc2ccccc2)cc1. The molecule has 0 saturated heterocycles. The first kappa shape index (κ1) is 17.7. The Kier molecular flexibility index (Phi) is 4.76. The van der Waals surface area contributed by atoms with Crippen LogP contribution < -0.4 is 10.1 Å². The molecule has 2 aromatic heterocycles. The number of amides is 1. The minimum atomic E-state index is -0.432. The second-order valence-corrected chi connectivity index (χ2v) is 6.37. The molecule has 0 saturated carbocycles. The number of hydrogen-bond donors (Lipinski definition) is 1. The number of ether oxygens (including phenoxy) is 1. The van der Waals surface area contributed by atoms with Gasteiger partial charge in [-0.25, -0.2) is 9.37 Å². The van der Waals surface area contributed by atoms with Crippen molar-refractivity contribution in [3.63, 3.8) is 0 Å². The van der Waals surface area contributed by atoms with Gasteiger partial charge in [-0.15, -0.1) is 0 Å². The van der Waals surface area contributed by atoms with Gasteiger partial charge in [0, 0.05) is 11.9 Å². The second kappa shape index (κ2) is 7.52. The maximum atomic E-state index is 13.6. The number of rotatable bonds is 5. The Labute approximate surface area is 161 Å². The number of anilines is 1. The van der Waals surface area contributed by atoms with E-state index in [1.54, 1.807) is 31.2 Å². The number of nitrogens with one attached hydrogen (secondary N) is 1. The van der Waals surface area contributed by atoms with E-state index in [4.69, 9.17) is 4.74 Å². The zero-order chi connectivity index (χ0) is 19.5. The van der Waals surface area contributed by atoms with E-state index in [1.807, 2.05) is 30.3 Å². The van der Waals surface area contributed by atoms with E-state index in [0.717, 1.165) is 5.56 Å². The highest BCUT2D eigenvalue weighted by molar-refractivity contribution is 6.04. The summed E-state index contributed by atoms with van der Waals surface area (Å²) in [5.41, 5.74) is 3.05. The van der Waals surface area contributed by atoms with E-state index in [1.165, 1.54) is 22.7 Å². The van der Waals surface area contributed by atoms with Gasteiger partial charge < -0.3 is 10.1 Å². The van der Waals surface area contributed by atoms with Crippen LogP contribution >= 0.6 is 0 Å². The van der Waals surface area contributed by atoms with Gasteiger partial charge in [0.25, 0.3) is 5.91 Å². The number of aryl methyl sites for hydroxylation is 1. The van der Waals surface area contributed by atoms with Crippen LogP contribution in [0.1, 0.15) is 21.7 Å². The summed E-state index contributed by atoms with van der Waals surface area (Å²) in [6, 6.07) is 19.8. The molecule has 2 heterocycles. The summed E-state index contributed by atoms with van der Waals surface area (Å²) >= 11 is 0. The van der Waals surface area contributed by atoms with Crippen molar-refractivity contribution in [3.05, 3.63) is 95.7 Å². The standard InChI is InChI=1S/C22H18FN3O2/c1-15-21(26-13-17(23)7-12-20(26)24-15)22(27)25-18-8-10-19(11-9-18)28-14-16-5-3-2-4-6-16/h2-13H,14H2,1H3,(H,25,27). The lowest BCUT2D eigenvalue weighted by atomic mass is 10.2. The number of nitrogens with zero attached hydrogens (tertiary/aromatic N) is 2. The van der Waals surface area contributed by atoms with Crippen molar-refractivity contribution in [2.75, 3.05) is 5.32 Å². The number of imidazole rings is 1. The maximum Gasteiger partial charge on any atom is 0.274 e. The van der Waals surface area contributed by atoms with Gasteiger partial charge >= 0.3 is 0 Å². The number of carbonyl (C=O) groups excluding carboxylic acids is 1. The van der Waals surface area contributed by atoms with Crippen molar-refractivity contribution in [2.24, 2.45) is 0 Å². The number of hydrogen-bond acceptors (Lipinski definition) is 3. The summed E-state index contributed by atoms with van der Waals surface area (Å²) in [7, 11) is 0. The summed E-state index contributed by atoms with van der Waals surface area (Å²) in [6.45, 7) is 2.19. The molecule has 4 aromatic rings. The summed E-state index contributed by atoms with van der Waals surface area (Å²) in [5.74, 6) is -0.0812. The van der Waals surface area contributed by atoms with Crippen LogP contribution in [0.5, 0.6) is 5.75 Å². The van der Waals surface area contributed by atoms with Crippen LogP contribution in [-0.2, 0) is 6.61 Å². The predicted molar refractivity (Wildman–Crippen MR) is 105 cm³/mol. The van der Waals surface area contributed by atoms with Gasteiger partial charge in [0.05, 0.1) is 5.69 Å². The highest BCUT2D eigenvalue weighted by atomic mass is 19.1. The van der Waals surface area contributed by atoms with Gasteiger partial charge in [0.2, 0.25) is 0 Å². The van der Waals surface area contributed by atoms with Crippen molar-refractivity contribution >= 4 is 17.2 Å². The number of carbonyl (C=O) groups is 1. The largest absolute Gasteiger partial charge is 0.489 e. The predicted octanol–water partition coefficient (Wildman–Crippen LogP) is 4.61. The van der Waals surface area contributed by atoms with Gasteiger partial charge in [-0.2, -0.15) is 0 Å². The van der Waals surface area contributed by atoms with Gasteiger partial charge in [-0.3, -0.25) is 9.20 Å². The van der Waals surface area contributed by atoms with Crippen molar-refractivity contribution < 1.29 is 13.9 Å². The van der Waals surface area contributed by atoms with Crippen LogP contribution in [0.4, 0.5) is 10.1 Å². The molecule has 0 aliphatic carbocycles. The Morgan fingerprint density at radius 1 is 1.07 bits per heavy atom. The highest BCUT2D eigenvalue weighted by Gasteiger charge is 2.17. The van der Waals surface area contributed by atoms with Crippen LogP contribution in [0.15, 0.2) is 72.9 Å². The Morgan fingerprint density at radius 2 is 1.82 bits per heavy atom. The van der Waals surface area contributed by atoms with Gasteiger partial charge in [0.1, 0.15) is 29.5 Å². The molecule has 0 atom stereocenters. The van der Waals surface area contributed by atoms with Gasteiger partial charge in [-0.05, 0) is 48.9 Å². The van der Waals surface area contributed by atoms with Gasteiger partial charge in [-0.1, -0.05) is 30.3 Å². The molecule has 2 aromatic carbocycles. The van der Waals surface area contributed by atoms with E-state index >= 15 is 0 Å². The van der Waals surface area contributed by atoms with Crippen LogP contribution in [-0.4, -0.2) is 15.3 Å². The molecule has 5 nitrogen and oxygen atoms in total. The average molecular weight is 375 g/mol. The molecule has 0 radical (unpaired) electrons. The van der Waals surface area contributed by atoms with Crippen molar-refractivity contribution in [1.82, 2.24) is 9.38 Å². The number of halogens is 1. The Balaban J connectivity index is 1.46. The van der Waals surface area contributed by atoms with Crippen molar-refractivity contribution in [3.8, 4) is 5.75 Å². The summed E-state index contributed by atoms with van der Waals surface area (Å²) < 4.78 is 20.8. The Hall–Kier alpha value is -3.67. The number of benzene rings is 2. The molecule has 4 rings (SSSR count). The fourth-order valence-corrected chi connectivity index (χ4v) is 2.98. The molecule has 0 aliphatic heterocycles. The zero-order valence-electron chi connectivity index (χ0n) is 15.2. The smallest absolute Gasteiger partial charge is 0.274 e. The minimum absolute atomic E-state index is 0.305. The average Bonchev–Trinajstić information content (AvgIpc) is 3.03. The molecule has 1 N–H and O–H groups in total. The minimum Gasteiger partial charge on any atom is -0.489 e. The normalized spacial score (nSPS) is 10.8. The summed E-state index contributed by atoms with van der Waals surface area (Å²) in [5, 5.41) is 2.82. The lowest BCUT2D eigenvalue weighted by Crippen LogP contribution is -2.15. The Bertz CT molecular complexity index is 1120. The summed E-state index contributed by atoms with van der Waals surface area (Å²) in [6.07, 6.45) is 1.25. The van der Waals surface area contributed by atoms with E-state index in [0.29, 0.717) is 35.1 Å². The van der Waals surface area contributed by atoms with E-state index in [9.17, 15) is 9.18 Å². The molecule has 0 unspecified atom stereocenters. The van der Waals surface area contributed by atoms with Crippen LogP contribution in [0, 0.1) is 12.7 Å². The molecule has 140 valence electrons. The molecular formula is C22H18FN3O2. The quantitative estimate of drug-likeness (QED) is 0.554. The highest BCUT2D eigenvalue weighted by Crippen LogP contribution is 2.19. The van der Waals surface area contributed by atoms with E-state index < -0.39 is 5.82 Å². The topological polar surface area (TPSA) is 55.6 Å². The third kappa shape index (κ3) is 3.71. The molecule has 0 bridgehead atoms.